The summed E-state index contributed by atoms with van der Waals surface area (Å²) in [5, 5.41) is 18.0. The van der Waals surface area contributed by atoms with Gasteiger partial charge >= 0.3 is 5.97 Å². The molecular weight excluding hydrogens is 249 g/mol. The van der Waals surface area contributed by atoms with Crippen LogP contribution in [0.3, 0.4) is 0 Å². The standard InChI is InChI=1S/C14H12FNO3/c15-12-3-1-9(2-4-12)5-10-6-11(8-17)13(14(18)19)16-7-10/h1-4,6-7,17H,5,8H2,(H,18,19). The summed E-state index contributed by atoms with van der Waals surface area (Å²) in [4.78, 5) is 14.7. The summed E-state index contributed by atoms with van der Waals surface area (Å²) in [5.41, 5.74) is 1.77. The Morgan fingerprint density at radius 3 is 2.47 bits per heavy atom. The number of rotatable bonds is 4. The van der Waals surface area contributed by atoms with Gasteiger partial charge in [0.2, 0.25) is 0 Å². The van der Waals surface area contributed by atoms with E-state index in [1.165, 1.54) is 18.3 Å². The van der Waals surface area contributed by atoms with E-state index >= 15 is 0 Å². The van der Waals surface area contributed by atoms with Crippen LogP contribution in [0.4, 0.5) is 4.39 Å². The van der Waals surface area contributed by atoms with Crippen molar-refractivity contribution in [1.82, 2.24) is 4.98 Å². The molecule has 2 rings (SSSR count). The van der Waals surface area contributed by atoms with Crippen LogP contribution in [0.5, 0.6) is 0 Å². The molecule has 2 aromatic rings. The van der Waals surface area contributed by atoms with Gasteiger partial charge in [-0.15, -0.1) is 0 Å². The minimum Gasteiger partial charge on any atom is -0.477 e. The Bertz CT molecular complexity index is 596. The zero-order valence-electron chi connectivity index (χ0n) is 10.0. The summed E-state index contributed by atoms with van der Waals surface area (Å²) < 4.78 is 12.8. The highest BCUT2D eigenvalue weighted by atomic mass is 19.1. The summed E-state index contributed by atoms with van der Waals surface area (Å²) >= 11 is 0. The lowest BCUT2D eigenvalue weighted by molar-refractivity contribution is 0.0686. The third-order valence-electron chi connectivity index (χ3n) is 2.72. The number of benzene rings is 1. The molecule has 4 nitrogen and oxygen atoms in total. The van der Waals surface area contributed by atoms with Gasteiger partial charge < -0.3 is 10.2 Å². The molecule has 1 aromatic carbocycles. The molecular formula is C14H12FNO3. The van der Waals surface area contributed by atoms with Crippen molar-refractivity contribution in [2.45, 2.75) is 13.0 Å². The highest BCUT2D eigenvalue weighted by molar-refractivity contribution is 5.87. The molecule has 0 fully saturated rings. The van der Waals surface area contributed by atoms with Crippen LogP contribution >= 0.6 is 0 Å². The zero-order chi connectivity index (χ0) is 13.8. The van der Waals surface area contributed by atoms with E-state index in [0.717, 1.165) is 11.1 Å². The average molecular weight is 261 g/mol. The van der Waals surface area contributed by atoms with Gasteiger partial charge in [-0.2, -0.15) is 0 Å². The fourth-order valence-electron chi connectivity index (χ4n) is 1.81. The molecule has 0 aliphatic carbocycles. The second-order valence-corrected chi connectivity index (χ2v) is 4.12. The van der Waals surface area contributed by atoms with E-state index in [-0.39, 0.29) is 23.7 Å². The third-order valence-corrected chi connectivity index (χ3v) is 2.72. The van der Waals surface area contributed by atoms with Gasteiger partial charge in [0.15, 0.2) is 5.69 Å². The number of halogens is 1. The molecule has 0 aliphatic heterocycles. The van der Waals surface area contributed by atoms with Crippen LogP contribution < -0.4 is 0 Å². The number of nitrogens with zero attached hydrogens (tertiary/aromatic N) is 1. The Morgan fingerprint density at radius 1 is 1.21 bits per heavy atom. The summed E-state index contributed by atoms with van der Waals surface area (Å²) in [6, 6.07) is 7.63. The van der Waals surface area contributed by atoms with E-state index in [1.807, 2.05) is 0 Å². The second kappa shape index (κ2) is 5.58. The predicted octanol–water partition coefficient (Wildman–Crippen LogP) is 2.00. The van der Waals surface area contributed by atoms with Crippen molar-refractivity contribution in [2.75, 3.05) is 0 Å². The summed E-state index contributed by atoms with van der Waals surface area (Å²) in [6.45, 7) is -0.383. The number of aromatic carboxylic acids is 1. The Morgan fingerprint density at radius 2 is 1.89 bits per heavy atom. The molecule has 0 saturated carbocycles. The van der Waals surface area contributed by atoms with Crippen molar-refractivity contribution in [3.8, 4) is 0 Å². The molecule has 2 N–H and O–H groups in total. The first-order valence-electron chi connectivity index (χ1n) is 5.66. The highest BCUT2D eigenvalue weighted by Gasteiger charge is 2.12. The summed E-state index contributed by atoms with van der Waals surface area (Å²) in [7, 11) is 0. The van der Waals surface area contributed by atoms with Gasteiger partial charge in [-0.05, 0) is 35.7 Å². The van der Waals surface area contributed by atoms with E-state index in [0.29, 0.717) is 6.42 Å². The van der Waals surface area contributed by atoms with Crippen LogP contribution in [-0.2, 0) is 13.0 Å². The van der Waals surface area contributed by atoms with Crippen LogP contribution in [0.25, 0.3) is 0 Å². The highest BCUT2D eigenvalue weighted by Crippen LogP contribution is 2.14. The maximum absolute atomic E-state index is 12.8. The lowest BCUT2D eigenvalue weighted by atomic mass is 10.0. The monoisotopic (exact) mass is 261 g/mol. The lowest BCUT2D eigenvalue weighted by Gasteiger charge is -2.06. The number of aliphatic hydroxyl groups excluding tert-OH is 1. The topological polar surface area (TPSA) is 70.4 Å². The maximum atomic E-state index is 12.8. The number of carboxylic acids is 1. The van der Waals surface area contributed by atoms with Gasteiger partial charge in [0.25, 0.3) is 0 Å². The van der Waals surface area contributed by atoms with Crippen molar-refractivity contribution in [3.05, 3.63) is 64.7 Å². The lowest BCUT2D eigenvalue weighted by Crippen LogP contribution is -2.07. The van der Waals surface area contributed by atoms with Gasteiger partial charge in [-0.1, -0.05) is 12.1 Å². The SMILES string of the molecule is O=C(O)c1ncc(Cc2ccc(F)cc2)cc1CO. The number of hydrogen-bond acceptors (Lipinski definition) is 3. The van der Waals surface area contributed by atoms with Crippen LogP contribution in [0.15, 0.2) is 36.5 Å². The fourth-order valence-corrected chi connectivity index (χ4v) is 1.81. The van der Waals surface area contributed by atoms with Crippen molar-refractivity contribution >= 4 is 5.97 Å². The van der Waals surface area contributed by atoms with Crippen molar-refractivity contribution in [1.29, 1.82) is 0 Å². The van der Waals surface area contributed by atoms with Gasteiger partial charge in [0.05, 0.1) is 6.61 Å². The van der Waals surface area contributed by atoms with Crippen molar-refractivity contribution in [2.24, 2.45) is 0 Å². The van der Waals surface area contributed by atoms with Crippen LogP contribution in [-0.4, -0.2) is 21.2 Å². The van der Waals surface area contributed by atoms with E-state index in [4.69, 9.17) is 10.2 Å². The average Bonchev–Trinajstić information content (AvgIpc) is 2.41. The maximum Gasteiger partial charge on any atom is 0.354 e. The van der Waals surface area contributed by atoms with Crippen LogP contribution in [0.2, 0.25) is 0 Å². The Balaban J connectivity index is 2.26. The molecule has 98 valence electrons. The molecule has 0 saturated heterocycles. The molecule has 0 amide bonds. The molecule has 1 heterocycles. The smallest absolute Gasteiger partial charge is 0.354 e. The molecule has 19 heavy (non-hydrogen) atoms. The summed E-state index contributed by atoms with van der Waals surface area (Å²) in [6.07, 6.45) is 1.95. The molecule has 0 radical (unpaired) electrons. The number of aromatic nitrogens is 1. The van der Waals surface area contributed by atoms with Gasteiger partial charge in [-0.25, -0.2) is 14.2 Å². The Kier molecular flexibility index (Phi) is 3.87. The number of aliphatic hydroxyl groups is 1. The summed E-state index contributed by atoms with van der Waals surface area (Å²) in [5.74, 6) is -1.48. The number of carboxylic acid groups (broad SMARTS) is 1. The molecule has 0 unspecified atom stereocenters. The van der Waals surface area contributed by atoms with E-state index in [1.54, 1.807) is 18.2 Å². The first-order chi connectivity index (χ1) is 9.10. The second-order valence-electron chi connectivity index (χ2n) is 4.12. The molecule has 5 heteroatoms. The van der Waals surface area contributed by atoms with Gasteiger partial charge in [0.1, 0.15) is 5.82 Å². The van der Waals surface area contributed by atoms with Gasteiger partial charge in [0, 0.05) is 11.8 Å². The van der Waals surface area contributed by atoms with Gasteiger partial charge in [-0.3, -0.25) is 0 Å². The minimum atomic E-state index is -1.17. The first kappa shape index (κ1) is 13.2. The van der Waals surface area contributed by atoms with Crippen LogP contribution in [0, 0.1) is 5.82 Å². The predicted molar refractivity (Wildman–Crippen MR) is 66.3 cm³/mol. The van der Waals surface area contributed by atoms with Crippen molar-refractivity contribution in [3.63, 3.8) is 0 Å². The molecule has 1 aromatic heterocycles. The van der Waals surface area contributed by atoms with E-state index in [9.17, 15) is 9.18 Å². The molecule has 0 bridgehead atoms. The fraction of sp³-hybridized carbons (Fsp3) is 0.143. The normalized spacial score (nSPS) is 10.4. The first-order valence-corrected chi connectivity index (χ1v) is 5.66. The zero-order valence-corrected chi connectivity index (χ0v) is 10.0. The van der Waals surface area contributed by atoms with E-state index < -0.39 is 5.97 Å². The van der Waals surface area contributed by atoms with Crippen molar-refractivity contribution < 1.29 is 19.4 Å². The quantitative estimate of drug-likeness (QED) is 0.883. The van der Waals surface area contributed by atoms with E-state index in [2.05, 4.69) is 4.98 Å². The van der Waals surface area contributed by atoms with Crippen LogP contribution in [0.1, 0.15) is 27.2 Å². The third kappa shape index (κ3) is 3.14. The Labute approximate surface area is 109 Å². The number of carbonyl (C=O) groups is 1. The largest absolute Gasteiger partial charge is 0.477 e. The Hall–Kier alpha value is -2.27. The number of pyridine rings is 1. The molecule has 0 aliphatic rings. The minimum absolute atomic E-state index is 0.148. The molecule has 0 spiro atoms. The number of hydrogen-bond donors (Lipinski definition) is 2. The molecule has 0 atom stereocenters.